The second-order valence-electron chi connectivity index (χ2n) is 3.64. The molecule has 7 nitrogen and oxygen atoms in total. The van der Waals surface area contributed by atoms with Crippen LogP contribution in [0.15, 0.2) is 6.33 Å². The van der Waals surface area contributed by atoms with E-state index in [2.05, 4.69) is 32.3 Å². The van der Waals surface area contributed by atoms with Gasteiger partial charge >= 0.3 is 6.09 Å². The van der Waals surface area contributed by atoms with E-state index in [1.165, 1.54) is 6.33 Å². The maximum absolute atomic E-state index is 10.4. The predicted octanol–water partition coefficient (Wildman–Crippen LogP) is 0.978. The second-order valence-corrected chi connectivity index (χ2v) is 3.64. The Bertz CT molecular complexity index is 397. The van der Waals surface area contributed by atoms with Crippen LogP contribution in [-0.2, 0) is 11.2 Å². The molecule has 0 unspecified atom stereocenters. The molecule has 18 heavy (non-hydrogen) atoms. The van der Waals surface area contributed by atoms with Crippen molar-refractivity contribution in [3.63, 3.8) is 0 Å². The zero-order chi connectivity index (χ0) is 13.4. The molecule has 1 aromatic rings. The van der Waals surface area contributed by atoms with Crippen LogP contribution < -0.4 is 16.4 Å². The number of carbonyl (C=O) groups excluding carboxylic acids is 1. The highest BCUT2D eigenvalue weighted by Gasteiger charge is 2.09. The molecule has 1 rings (SSSR count). The van der Waals surface area contributed by atoms with Gasteiger partial charge in [-0.2, -0.15) is 0 Å². The number of ether oxygens (including phenoxy) is 1. The normalized spacial score (nSPS) is 9.89. The maximum atomic E-state index is 10.4. The molecule has 1 amide bonds. The van der Waals surface area contributed by atoms with Gasteiger partial charge in [0.2, 0.25) is 0 Å². The molecule has 1 heterocycles. The monoisotopic (exact) mass is 253 g/mol. The van der Waals surface area contributed by atoms with Crippen LogP contribution in [0.3, 0.4) is 0 Å². The Labute approximate surface area is 106 Å². The lowest BCUT2D eigenvalue weighted by molar-refractivity contribution is 0.161. The summed E-state index contributed by atoms with van der Waals surface area (Å²) >= 11 is 0. The Morgan fingerprint density at radius 1 is 1.44 bits per heavy atom. The first-order valence-corrected chi connectivity index (χ1v) is 5.86. The lowest BCUT2D eigenvalue weighted by atomic mass is 10.1. The molecular weight excluding hydrogens is 234 g/mol. The van der Waals surface area contributed by atoms with E-state index in [0.717, 1.165) is 30.0 Å². The van der Waals surface area contributed by atoms with E-state index < -0.39 is 6.09 Å². The van der Waals surface area contributed by atoms with Gasteiger partial charge in [-0.3, -0.25) is 0 Å². The first-order chi connectivity index (χ1) is 8.69. The van der Waals surface area contributed by atoms with Crippen LogP contribution in [0.5, 0.6) is 0 Å². The van der Waals surface area contributed by atoms with Gasteiger partial charge in [-0.05, 0) is 6.42 Å². The summed E-state index contributed by atoms with van der Waals surface area (Å²) in [5.41, 5.74) is 5.90. The van der Waals surface area contributed by atoms with Crippen LogP contribution in [-0.4, -0.2) is 36.3 Å². The van der Waals surface area contributed by atoms with E-state index in [-0.39, 0.29) is 6.61 Å². The van der Waals surface area contributed by atoms with Crippen LogP contribution in [0.4, 0.5) is 16.4 Å². The Balaban J connectivity index is 2.65. The molecule has 100 valence electrons. The third-order valence-corrected chi connectivity index (χ3v) is 2.32. The van der Waals surface area contributed by atoms with Gasteiger partial charge in [0.25, 0.3) is 0 Å². The van der Waals surface area contributed by atoms with Crippen molar-refractivity contribution in [3.8, 4) is 0 Å². The van der Waals surface area contributed by atoms with E-state index in [9.17, 15) is 4.79 Å². The molecule has 0 aromatic carbocycles. The summed E-state index contributed by atoms with van der Waals surface area (Å²) in [6.45, 7) is 2.76. The Hall–Kier alpha value is -2.05. The van der Waals surface area contributed by atoms with E-state index in [1.807, 2.05) is 7.05 Å². The lowest BCUT2D eigenvalue weighted by Gasteiger charge is -2.13. The fourth-order valence-electron chi connectivity index (χ4n) is 1.59. The quantitative estimate of drug-likeness (QED) is 0.626. The van der Waals surface area contributed by atoms with Gasteiger partial charge < -0.3 is 21.1 Å². The minimum absolute atomic E-state index is 0.208. The molecule has 0 spiro atoms. The SMILES string of the molecule is CCCc1c(NC)ncnc1NCCOC(N)=O. The van der Waals surface area contributed by atoms with Gasteiger partial charge in [-0.25, -0.2) is 14.8 Å². The van der Waals surface area contributed by atoms with Crippen molar-refractivity contribution in [3.05, 3.63) is 11.9 Å². The zero-order valence-corrected chi connectivity index (χ0v) is 10.7. The highest BCUT2D eigenvalue weighted by Crippen LogP contribution is 2.20. The largest absolute Gasteiger partial charge is 0.448 e. The number of hydrogen-bond acceptors (Lipinski definition) is 6. The molecule has 1 aromatic heterocycles. The first-order valence-electron chi connectivity index (χ1n) is 5.86. The number of carbonyl (C=O) groups is 1. The molecular formula is C11H19N5O2. The number of anilines is 2. The highest BCUT2D eigenvalue weighted by molar-refractivity contribution is 5.64. The molecule has 0 saturated heterocycles. The van der Waals surface area contributed by atoms with Crippen LogP contribution in [0.2, 0.25) is 0 Å². The minimum Gasteiger partial charge on any atom is -0.448 e. The number of amides is 1. The van der Waals surface area contributed by atoms with Crippen molar-refractivity contribution in [2.24, 2.45) is 5.73 Å². The molecule has 0 atom stereocenters. The molecule has 0 saturated carbocycles. The van der Waals surface area contributed by atoms with Gasteiger partial charge in [0.05, 0.1) is 6.54 Å². The number of rotatable bonds is 7. The topological polar surface area (TPSA) is 102 Å². The van der Waals surface area contributed by atoms with E-state index in [1.54, 1.807) is 0 Å². The van der Waals surface area contributed by atoms with Crippen molar-refractivity contribution in [1.82, 2.24) is 9.97 Å². The Kier molecular flexibility index (Phi) is 5.69. The summed E-state index contributed by atoms with van der Waals surface area (Å²) in [7, 11) is 1.82. The van der Waals surface area contributed by atoms with Crippen molar-refractivity contribution in [2.75, 3.05) is 30.8 Å². The van der Waals surface area contributed by atoms with Crippen LogP contribution in [0, 0.1) is 0 Å². The molecule has 0 fully saturated rings. The minimum atomic E-state index is -0.774. The molecule has 4 N–H and O–H groups in total. The van der Waals surface area contributed by atoms with E-state index in [4.69, 9.17) is 5.73 Å². The molecule has 0 bridgehead atoms. The average Bonchev–Trinajstić information content (AvgIpc) is 2.36. The van der Waals surface area contributed by atoms with Crippen molar-refractivity contribution < 1.29 is 9.53 Å². The Morgan fingerprint density at radius 3 is 2.78 bits per heavy atom. The van der Waals surface area contributed by atoms with Crippen molar-refractivity contribution in [1.29, 1.82) is 0 Å². The summed E-state index contributed by atoms with van der Waals surface area (Å²) in [6, 6.07) is 0. The number of nitrogens with zero attached hydrogens (tertiary/aromatic N) is 2. The maximum Gasteiger partial charge on any atom is 0.404 e. The zero-order valence-electron chi connectivity index (χ0n) is 10.7. The van der Waals surface area contributed by atoms with Gasteiger partial charge in [0, 0.05) is 12.6 Å². The number of nitrogens with one attached hydrogen (secondary N) is 2. The van der Waals surface area contributed by atoms with Gasteiger partial charge in [-0.15, -0.1) is 0 Å². The van der Waals surface area contributed by atoms with Crippen LogP contribution in [0.25, 0.3) is 0 Å². The van der Waals surface area contributed by atoms with Gasteiger partial charge in [-0.1, -0.05) is 13.3 Å². The van der Waals surface area contributed by atoms with E-state index in [0.29, 0.717) is 6.54 Å². The average molecular weight is 253 g/mol. The van der Waals surface area contributed by atoms with E-state index >= 15 is 0 Å². The van der Waals surface area contributed by atoms with Crippen molar-refractivity contribution >= 4 is 17.7 Å². The third kappa shape index (κ3) is 4.08. The fraction of sp³-hybridized carbons (Fsp3) is 0.545. The predicted molar refractivity (Wildman–Crippen MR) is 69.6 cm³/mol. The molecule has 7 heteroatoms. The standard InChI is InChI=1S/C11H19N5O2/c1-3-4-8-9(13-2)15-7-16-10(8)14-5-6-18-11(12)17/h7H,3-6H2,1-2H3,(H2,12,17)(H2,13,14,15,16). The second kappa shape index (κ2) is 7.31. The summed E-state index contributed by atoms with van der Waals surface area (Å²) in [5, 5.41) is 6.14. The smallest absolute Gasteiger partial charge is 0.404 e. The summed E-state index contributed by atoms with van der Waals surface area (Å²) in [4.78, 5) is 18.8. The number of primary amides is 1. The number of nitrogens with two attached hydrogens (primary N) is 1. The summed E-state index contributed by atoms with van der Waals surface area (Å²) < 4.78 is 4.64. The molecule has 0 radical (unpaired) electrons. The molecule has 0 aliphatic carbocycles. The van der Waals surface area contributed by atoms with Crippen LogP contribution in [0.1, 0.15) is 18.9 Å². The molecule has 0 aliphatic rings. The van der Waals surface area contributed by atoms with Gasteiger partial charge in [0.1, 0.15) is 24.6 Å². The summed E-state index contributed by atoms with van der Waals surface area (Å²) in [5.74, 6) is 1.56. The third-order valence-electron chi connectivity index (χ3n) is 2.32. The van der Waals surface area contributed by atoms with Crippen LogP contribution >= 0.6 is 0 Å². The Morgan fingerprint density at radius 2 is 2.17 bits per heavy atom. The van der Waals surface area contributed by atoms with Crippen molar-refractivity contribution in [2.45, 2.75) is 19.8 Å². The number of hydrogen-bond donors (Lipinski definition) is 3. The summed E-state index contributed by atoms with van der Waals surface area (Å²) in [6.07, 6.45) is 2.58. The molecule has 0 aliphatic heterocycles. The lowest BCUT2D eigenvalue weighted by Crippen LogP contribution is -2.19. The fourth-order valence-corrected chi connectivity index (χ4v) is 1.59. The highest BCUT2D eigenvalue weighted by atomic mass is 16.5. The number of aromatic nitrogens is 2. The van der Waals surface area contributed by atoms with Gasteiger partial charge in [0.15, 0.2) is 0 Å². The first kappa shape index (κ1) is 14.0.